The Bertz CT molecular complexity index is 1660. The Morgan fingerprint density at radius 2 is 1.78 bits per heavy atom. The Hall–Kier alpha value is -5.00. The summed E-state index contributed by atoms with van der Waals surface area (Å²) in [5.74, 6) is -6.15. The van der Waals surface area contributed by atoms with E-state index in [0.717, 1.165) is 6.07 Å². The number of urea groups is 1. The van der Waals surface area contributed by atoms with Crippen LogP contribution in [0.3, 0.4) is 0 Å². The fourth-order valence-corrected chi connectivity index (χ4v) is 3.48. The Morgan fingerprint density at radius 3 is 2.54 bits per heavy atom. The topological polar surface area (TPSA) is 94.0 Å². The van der Waals surface area contributed by atoms with Crippen LogP contribution in [0.25, 0.3) is 22.3 Å². The van der Waals surface area contributed by atoms with Crippen LogP contribution in [0.1, 0.15) is 0 Å². The van der Waals surface area contributed by atoms with Gasteiger partial charge < -0.3 is 15.4 Å². The molecular weight excluding hydrogens is 492 g/mol. The van der Waals surface area contributed by atoms with Gasteiger partial charge in [-0.1, -0.05) is 6.07 Å². The zero-order valence-electron chi connectivity index (χ0n) is 19.0. The molecule has 0 saturated carbocycles. The molecule has 0 spiro atoms. The van der Waals surface area contributed by atoms with Crippen molar-refractivity contribution in [2.45, 2.75) is 0 Å². The van der Waals surface area contributed by atoms with Gasteiger partial charge in [-0.2, -0.15) is 9.49 Å². The molecule has 0 bridgehead atoms. The molecule has 5 aromatic rings. The SMILES string of the molecule is Cn1cc(-c2cnc3ccc(Oc4c(F)c(F)cc(NC(=O)Nc5cccc(F)c5)c4F)cc3n2)cn1. The van der Waals surface area contributed by atoms with E-state index in [-0.39, 0.29) is 11.4 Å². The van der Waals surface area contributed by atoms with Crippen molar-refractivity contribution in [1.29, 1.82) is 0 Å². The summed E-state index contributed by atoms with van der Waals surface area (Å²) < 4.78 is 64.1. The van der Waals surface area contributed by atoms with Crippen molar-refractivity contribution in [3.05, 3.63) is 90.4 Å². The van der Waals surface area contributed by atoms with Gasteiger partial charge in [-0.15, -0.1) is 0 Å². The zero-order valence-corrected chi connectivity index (χ0v) is 19.0. The lowest BCUT2D eigenvalue weighted by Crippen LogP contribution is -2.20. The Kier molecular flexibility index (Phi) is 6.14. The summed E-state index contributed by atoms with van der Waals surface area (Å²) >= 11 is 0. The second-order valence-electron chi connectivity index (χ2n) is 7.86. The Labute approximate surface area is 206 Å². The molecule has 2 N–H and O–H groups in total. The predicted octanol–water partition coefficient (Wildman–Crippen LogP) is 6.02. The van der Waals surface area contributed by atoms with Crippen LogP contribution in [0, 0.1) is 23.3 Å². The lowest BCUT2D eigenvalue weighted by Gasteiger charge is -2.13. The number of amides is 2. The molecule has 0 aliphatic heterocycles. The third-order valence-corrected chi connectivity index (χ3v) is 5.18. The van der Waals surface area contributed by atoms with Crippen LogP contribution in [0.2, 0.25) is 0 Å². The lowest BCUT2D eigenvalue weighted by molar-refractivity contribution is 0.262. The van der Waals surface area contributed by atoms with Gasteiger partial charge in [-0.25, -0.2) is 22.9 Å². The monoisotopic (exact) mass is 508 g/mol. The molecule has 2 amide bonds. The first kappa shape index (κ1) is 23.7. The molecule has 186 valence electrons. The highest BCUT2D eigenvalue weighted by Crippen LogP contribution is 2.35. The molecule has 0 saturated heterocycles. The van der Waals surface area contributed by atoms with E-state index in [2.05, 4.69) is 25.7 Å². The Balaban J connectivity index is 1.42. The number of aromatic nitrogens is 4. The van der Waals surface area contributed by atoms with Crippen LogP contribution < -0.4 is 15.4 Å². The standard InChI is InChI=1S/C25H16F4N6O2/c1-35-12-13(10-31-35)21-11-30-18-6-5-16(8-19(18)33-21)37-24-22(28)17(27)9-20(23(24)29)34-25(36)32-15-4-2-3-14(26)7-15/h2-12H,1H3,(H2,32,34,36). The molecule has 0 radical (unpaired) electrons. The first-order chi connectivity index (χ1) is 17.8. The molecule has 2 heterocycles. The second kappa shape index (κ2) is 9.57. The van der Waals surface area contributed by atoms with Crippen molar-refractivity contribution in [2.75, 3.05) is 10.6 Å². The van der Waals surface area contributed by atoms with Gasteiger partial charge >= 0.3 is 6.03 Å². The zero-order chi connectivity index (χ0) is 26.1. The van der Waals surface area contributed by atoms with Crippen molar-refractivity contribution in [2.24, 2.45) is 7.05 Å². The van der Waals surface area contributed by atoms with Crippen molar-refractivity contribution in [1.82, 2.24) is 19.7 Å². The van der Waals surface area contributed by atoms with Gasteiger partial charge in [0.2, 0.25) is 11.6 Å². The third kappa shape index (κ3) is 5.03. The van der Waals surface area contributed by atoms with Crippen LogP contribution in [0.5, 0.6) is 11.5 Å². The van der Waals surface area contributed by atoms with Crippen LogP contribution >= 0.6 is 0 Å². The number of rotatable bonds is 5. The number of halogens is 4. The molecule has 8 nitrogen and oxygen atoms in total. The number of benzene rings is 3. The molecule has 5 rings (SSSR count). The van der Waals surface area contributed by atoms with Crippen LogP contribution in [-0.2, 0) is 7.05 Å². The highest BCUT2D eigenvalue weighted by atomic mass is 19.2. The largest absolute Gasteiger partial charge is 0.451 e. The maximum atomic E-state index is 15.1. The van der Waals surface area contributed by atoms with E-state index in [1.54, 1.807) is 30.3 Å². The van der Waals surface area contributed by atoms with Gasteiger partial charge in [-0.05, 0) is 30.3 Å². The van der Waals surface area contributed by atoms with Crippen LogP contribution in [0.4, 0.5) is 33.7 Å². The molecule has 0 aliphatic carbocycles. The minimum Gasteiger partial charge on any atom is -0.451 e. The van der Waals surface area contributed by atoms with Gasteiger partial charge in [0.15, 0.2) is 11.6 Å². The average Bonchev–Trinajstić information content (AvgIpc) is 3.31. The Morgan fingerprint density at radius 1 is 0.946 bits per heavy atom. The molecule has 37 heavy (non-hydrogen) atoms. The number of ether oxygens (including phenoxy) is 1. The number of aryl methyl sites for hydroxylation is 1. The number of hydrogen-bond donors (Lipinski definition) is 2. The quantitative estimate of drug-likeness (QED) is 0.224. The van der Waals surface area contributed by atoms with Gasteiger partial charge in [0, 0.05) is 36.6 Å². The smallest absolute Gasteiger partial charge is 0.323 e. The van der Waals surface area contributed by atoms with E-state index in [1.807, 2.05) is 0 Å². The molecule has 0 aliphatic rings. The van der Waals surface area contributed by atoms with E-state index >= 15 is 4.39 Å². The number of carbonyl (C=O) groups excluding carboxylic acids is 1. The summed E-state index contributed by atoms with van der Waals surface area (Å²) in [5, 5.41) is 8.42. The normalized spacial score (nSPS) is 10.9. The summed E-state index contributed by atoms with van der Waals surface area (Å²) in [5.41, 5.74) is 1.43. The number of carbonyl (C=O) groups is 1. The predicted molar refractivity (Wildman–Crippen MR) is 127 cm³/mol. The third-order valence-electron chi connectivity index (χ3n) is 5.18. The van der Waals surface area contributed by atoms with E-state index in [1.165, 1.54) is 36.4 Å². The first-order valence-electron chi connectivity index (χ1n) is 10.7. The molecule has 2 aromatic heterocycles. The maximum absolute atomic E-state index is 15.1. The maximum Gasteiger partial charge on any atom is 0.323 e. The minimum atomic E-state index is -1.59. The average molecular weight is 508 g/mol. The molecule has 0 unspecified atom stereocenters. The van der Waals surface area contributed by atoms with Gasteiger partial charge in [0.1, 0.15) is 11.6 Å². The first-order valence-corrected chi connectivity index (χ1v) is 10.7. The molecule has 0 atom stereocenters. The molecule has 12 heteroatoms. The van der Waals surface area contributed by atoms with E-state index in [0.29, 0.717) is 28.4 Å². The van der Waals surface area contributed by atoms with Gasteiger partial charge in [0.05, 0.1) is 34.8 Å². The van der Waals surface area contributed by atoms with Crippen molar-refractivity contribution in [3.63, 3.8) is 0 Å². The number of fused-ring (bicyclic) bond motifs is 1. The highest BCUT2D eigenvalue weighted by Gasteiger charge is 2.23. The van der Waals surface area contributed by atoms with Crippen molar-refractivity contribution >= 4 is 28.4 Å². The van der Waals surface area contributed by atoms with Crippen molar-refractivity contribution in [3.8, 4) is 22.8 Å². The summed E-state index contributed by atoms with van der Waals surface area (Å²) in [6, 6.07) is 8.68. The van der Waals surface area contributed by atoms with Crippen molar-refractivity contribution < 1.29 is 27.1 Å². The lowest BCUT2D eigenvalue weighted by atomic mass is 10.2. The fraction of sp³-hybridized carbons (Fsp3) is 0.0400. The molecule has 0 fully saturated rings. The second-order valence-corrected chi connectivity index (χ2v) is 7.86. The fourth-order valence-electron chi connectivity index (χ4n) is 3.48. The van der Waals surface area contributed by atoms with E-state index in [9.17, 15) is 18.0 Å². The van der Waals surface area contributed by atoms with Gasteiger partial charge in [-0.3, -0.25) is 9.67 Å². The summed E-state index contributed by atoms with van der Waals surface area (Å²) in [6.45, 7) is 0. The minimum absolute atomic E-state index is 0.0521. The molecular formula is C25H16F4N6O2. The summed E-state index contributed by atoms with van der Waals surface area (Å²) in [7, 11) is 1.75. The van der Waals surface area contributed by atoms with Crippen LogP contribution in [0.15, 0.2) is 67.1 Å². The van der Waals surface area contributed by atoms with Gasteiger partial charge in [0.25, 0.3) is 0 Å². The number of hydrogen-bond acceptors (Lipinski definition) is 5. The van der Waals surface area contributed by atoms with E-state index < -0.39 is 40.7 Å². The highest BCUT2D eigenvalue weighted by molar-refractivity contribution is 6.00. The van der Waals surface area contributed by atoms with E-state index in [4.69, 9.17) is 4.74 Å². The summed E-state index contributed by atoms with van der Waals surface area (Å²) in [6.07, 6.45) is 4.90. The van der Waals surface area contributed by atoms with Crippen LogP contribution in [-0.4, -0.2) is 25.8 Å². The number of nitrogens with one attached hydrogen (secondary N) is 2. The number of anilines is 2. The summed E-state index contributed by atoms with van der Waals surface area (Å²) in [4.78, 5) is 21.0. The number of nitrogens with zero attached hydrogens (tertiary/aromatic N) is 4. The molecule has 3 aromatic carbocycles.